The van der Waals surface area contributed by atoms with Crippen LogP contribution in [0.25, 0.3) is 11.4 Å². The summed E-state index contributed by atoms with van der Waals surface area (Å²) < 4.78 is 62.3. The highest BCUT2D eigenvalue weighted by Crippen LogP contribution is 2.24. The molecule has 1 aromatic heterocycles. The van der Waals surface area contributed by atoms with Crippen molar-refractivity contribution in [1.82, 2.24) is 15.5 Å². The first-order chi connectivity index (χ1) is 15.1. The summed E-state index contributed by atoms with van der Waals surface area (Å²) in [4.78, 5) is 16.8. The van der Waals surface area contributed by atoms with Crippen molar-refractivity contribution >= 4 is 21.6 Å². The van der Waals surface area contributed by atoms with Gasteiger partial charge in [-0.3, -0.25) is 9.10 Å². The molecule has 0 bridgehead atoms. The van der Waals surface area contributed by atoms with E-state index >= 15 is 0 Å². The zero-order valence-corrected chi connectivity index (χ0v) is 18.2. The molecule has 3 aromatic rings. The second-order valence-corrected chi connectivity index (χ2v) is 8.65. The summed E-state index contributed by atoms with van der Waals surface area (Å²) in [5, 5.41) is 6.35. The number of carbonyl (C=O) groups is 1. The van der Waals surface area contributed by atoms with Gasteiger partial charge in [0.15, 0.2) is 11.6 Å². The molecule has 1 amide bonds. The molecule has 1 heterocycles. The Morgan fingerprint density at radius 3 is 2.62 bits per heavy atom. The van der Waals surface area contributed by atoms with E-state index in [0.29, 0.717) is 21.7 Å². The van der Waals surface area contributed by atoms with Gasteiger partial charge >= 0.3 is 0 Å². The lowest BCUT2D eigenvalue weighted by Crippen LogP contribution is -2.47. The molecule has 3 rings (SSSR count). The fourth-order valence-corrected chi connectivity index (χ4v) is 4.11. The Morgan fingerprint density at radius 1 is 1.22 bits per heavy atom. The second-order valence-electron chi connectivity index (χ2n) is 6.79. The van der Waals surface area contributed by atoms with Crippen molar-refractivity contribution in [3.05, 3.63) is 60.0 Å². The van der Waals surface area contributed by atoms with Gasteiger partial charge in [0.25, 0.3) is 0 Å². The minimum atomic E-state index is -3.99. The van der Waals surface area contributed by atoms with Gasteiger partial charge in [0.1, 0.15) is 11.8 Å². The molecule has 32 heavy (non-hydrogen) atoms. The molecule has 0 saturated carbocycles. The van der Waals surface area contributed by atoms with Crippen molar-refractivity contribution in [2.75, 3.05) is 17.7 Å². The first-order valence-electron chi connectivity index (χ1n) is 9.29. The number of halogens is 2. The molecule has 1 atom stereocenters. The van der Waals surface area contributed by atoms with Gasteiger partial charge in [-0.2, -0.15) is 4.98 Å². The van der Waals surface area contributed by atoms with Crippen LogP contribution in [0.15, 0.2) is 47.0 Å². The summed E-state index contributed by atoms with van der Waals surface area (Å²) in [7, 11) is -2.47. The second kappa shape index (κ2) is 9.30. The maximum Gasteiger partial charge on any atom is 0.246 e. The standard InChI is InChI=1S/C20H20F2N4O5S/c1-12(26(32(3,28)29)14-7-8-16(21)17(22)10-14)20(27)23-11-18-24-19(25-31-18)13-5-4-6-15(9-13)30-2/h4-10,12H,11H2,1-3H3,(H,23,27). The molecule has 9 nitrogen and oxygen atoms in total. The van der Waals surface area contributed by atoms with Gasteiger partial charge in [-0.1, -0.05) is 17.3 Å². The van der Waals surface area contributed by atoms with Crippen LogP contribution in [0.2, 0.25) is 0 Å². The third-order valence-electron chi connectivity index (χ3n) is 4.46. The Labute approximate surface area is 183 Å². The minimum Gasteiger partial charge on any atom is -0.497 e. The Morgan fingerprint density at radius 2 is 1.97 bits per heavy atom. The molecule has 0 aliphatic carbocycles. The van der Waals surface area contributed by atoms with Gasteiger partial charge in [0.2, 0.25) is 27.6 Å². The Bertz CT molecular complexity index is 1230. The van der Waals surface area contributed by atoms with Crippen molar-refractivity contribution in [2.24, 2.45) is 0 Å². The summed E-state index contributed by atoms with van der Waals surface area (Å²) in [5.74, 6) is -2.11. The molecule has 0 radical (unpaired) electrons. The largest absolute Gasteiger partial charge is 0.497 e. The van der Waals surface area contributed by atoms with Gasteiger partial charge in [-0.25, -0.2) is 17.2 Å². The minimum absolute atomic E-state index is 0.0853. The number of amides is 1. The molecule has 0 saturated heterocycles. The van der Waals surface area contributed by atoms with E-state index in [2.05, 4.69) is 15.5 Å². The molecule has 0 aliphatic rings. The number of anilines is 1. The zero-order chi connectivity index (χ0) is 23.5. The Hall–Kier alpha value is -3.54. The van der Waals surface area contributed by atoms with Crippen molar-refractivity contribution in [1.29, 1.82) is 0 Å². The van der Waals surface area contributed by atoms with Gasteiger partial charge in [0, 0.05) is 11.6 Å². The first kappa shape index (κ1) is 23.1. The molecule has 1 unspecified atom stereocenters. The van der Waals surface area contributed by atoms with Crippen LogP contribution in [0.5, 0.6) is 5.75 Å². The van der Waals surface area contributed by atoms with Crippen LogP contribution in [0.4, 0.5) is 14.5 Å². The van der Waals surface area contributed by atoms with Crippen LogP contribution in [0.1, 0.15) is 12.8 Å². The summed E-state index contributed by atoms with van der Waals surface area (Å²) in [6.07, 6.45) is 0.858. The fourth-order valence-electron chi connectivity index (χ4n) is 2.95. The summed E-state index contributed by atoms with van der Waals surface area (Å²) in [5.41, 5.74) is 0.452. The van der Waals surface area contributed by atoms with E-state index in [0.717, 1.165) is 18.4 Å². The maximum absolute atomic E-state index is 13.6. The smallest absolute Gasteiger partial charge is 0.246 e. The van der Waals surface area contributed by atoms with E-state index < -0.39 is 33.6 Å². The number of carbonyl (C=O) groups excluding carboxylic acids is 1. The van der Waals surface area contributed by atoms with E-state index in [4.69, 9.17) is 9.26 Å². The number of hydrogen-bond donors (Lipinski definition) is 1. The molecule has 1 N–H and O–H groups in total. The highest BCUT2D eigenvalue weighted by molar-refractivity contribution is 7.92. The van der Waals surface area contributed by atoms with Gasteiger partial charge < -0.3 is 14.6 Å². The fraction of sp³-hybridized carbons (Fsp3) is 0.250. The number of nitrogens with zero attached hydrogens (tertiary/aromatic N) is 3. The zero-order valence-electron chi connectivity index (χ0n) is 17.4. The normalized spacial score (nSPS) is 12.3. The number of ether oxygens (including phenoxy) is 1. The van der Waals surface area contributed by atoms with Crippen LogP contribution in [0.3, 0.4) is 0 Å². The van der Waals surface area contributed by atoms with E-state index in [1.807, 2.05) is 0 Å². The van der Waals surface area contributed by atoms with E-state index in [-0.39, 0.29) is 23.9 Å². The summed E-state index contributed by atoms with van der Waals surface area (Å²) in [6.45, 7) is 1.14. The predicted octanol–water partition coefficient (Wildman–Crippen LogP) is 2.49. The molecule has 0 spiro atoms. The molecular weight excluding hydrogens is 446 g/mol. The van der Waals surface area contributed by atoms with Gasteiger partial charge in [-0.05, 0) is 31.2 Å². The van der Waals surface area contributed by atoms with Crippen molar-refractivity contribution in [3.63, 3.8) is 0 Å². The van der Waals surface area contributed by atoms with E-state index in [1.165, 1.54) is 14.0 Å². The number of methoxy groups -OCH3 is 1. The quantitative estimate of drug-likeness (QED) is 0.542. The molecule has 12 heteroatoms. The molecule has 2 aromatic carbocycles. The van der Waals surface area contributed by atoms with Crippen LogP contribution in [-0.4, -0.2) is 43.9 Å². The molecule has 0 fully saturated rings. The number of aromatic nitrogens is 2. The summed E-state index contributed by atoms with van der Waals surface area (Å²) in [6, 6.07) is 8.27. The number of hydrogen-bond acceptors (Lipinski definition) is 7. The number of benzene rings is 2. The highest BCUT2D eigenvalue weighted by atomic mass is 32.2. The molecule has 0 aliphatic heterocycles. The van der Waals surface area contributed by atoms with Crippen LogP contribution >= 0.6 is 0 Å². The lowest BCUT2D eigenvalue weighted by molar-refractivity contribution is -0.122. The van der Waals surface area contributed by atoms with E-state index in [1.54, 1.807) is 24.3 Å². The Kier molecular flexibility index (Phi) is 6.72. The van der Waals surface area contributed by atoms with Crippen molar-refractivity contribution in [2.45, 2.75) is 19.5 Å². The van der Waals surface area contributed by atoms with E-state index in [9.17, 15) is 22.0 Å². The van der Waals surface area contributed by atoms with Crippen molar-refractivity contribution < 1.29 is 31.3 Å². The predicted molar refractivity (Wildman–Crippen MR) is 111 cm³/mol. The van der Waals surface area contributed by atoms with Crippen LogP contribution < -0.4 is 14.4 Å². The Balaban J connectivity index is 1.73. The highest BCUT2D eigenvalue weighted by Gasteiger charge is 2.30. The number of rotatable bonds is 8. The number of sulfonamides is 1. The lowest BCUT2D eigenvalue weighted by Gasteiger charge is -2.28. The van der Waals surface area contributed by atoms with Gasteiger partial charge in [-0.15, -0.1) is 0 Å². The monoisotopic (exact) mass is 466 g/mol. The first-order valence-corrected chi connectivity index (χ1v) is 11.1. The molecule has 170 valence electrons. The molecular formula is C20H20F2N4O5S. The lowest BCUT2D eigenvalue weighted by atomic mass is 10.2. The third-order valence-corrected chi connectivity index (χ3v) is 5.70. The van der Waals surface area contributed by atoms with Crippen LogP contribution in [-0.2, 0) is 21.4 Å². The number of nitrogens with one attached hydrogen (secondary N) is 1. The summed E-state index contributed by atoms with van der Waals surface area (Å²) >= 11 is 0. The SMILES string of the molecule is COc1cccc(-c2noc(CNC(=O)C(C)N(c3ccc(F)c(F)c3)S(C)(=O)=O)n2)c1. The average Bonchev–Trinajstić information content (AvgIpc) is 3.23. The third kappa shape index (κ3) is 5.19. The maximum atomic E-state index is 13.6. The average molecular weight is 466 g/mol. The van der Waals surface area contributed by atoms with Crippen molar-refractivity contribution in [3.8, 4) is 17.1 Å². The van der Waals surface area contributed by atoms with Crippen LogP contribution in [0, 0.1) is 11.6 Å². The topological polar surface area (TPSA) is 115 Å². The van der Waals surface area contributed by atoms with Gasteiger partial charge in [0.05, 0.1) is 25.6 Å².